The molecule has 1 heterocycles. The molecule has 2 aromatic carbocycles. The molecule has 1 N–H and O–H groups in total. The number of aromatic nitrogens is 2. The summed E-state index contributed by atoms with van der Waals surface area (Å²) in [6.45, 7) is 0.330. The van der Waals surface area contributed by atoms with Crippen LogP contribution in [0, 0.1) is 18.1 Å². The van der Waals surface area contributed by atoms with Gasteiger partial charge in [0, 0.05) is 6.54 Å². The number of fused-ring (bicyclic) bond motifs is 1. The van der Waals surface area contributed by atoms with Crippen LogP contribution in [-0.4, -0.2) is 9.97 Å². The zero-order chi connectivity index (χ0) is 14.8. The third-order valence-electron chi connectivity index (χ3n) is 3.04. The standard InChI is InChI=1S/C15H9ClF2N3/c16-12-13(17)20-15(18)21-14(12)19-8-10-6-3-5-9-4-1-2-7-11(9)10/h2-7H,8H2,(H,19,20,21). The first-order chi connectivity index (χ1) is 10.1. The van der Waals surface area contributed by atoms with Crippen molar-refractivity contribution in [3.63, 3.8) is 0 Å². The van der Waals surface area contributed by atoms with Crippen molar-refractivity contribution in [1.82, 2.24) is 9.97 Å². The molecule has 0 aliphatic carbocycles. The highest BCUT2D eigenvalue weighted by atomic mass is 35.5. The Morgan fingerprint density at radius 3 is 2.90 bits per heavy atom. The number of anilines is 1. The molecular formula is C15H9ClF2N3. The van der Waals surface area contributed by atoms with E-state index < -0.39 is 12.0 Å². The van der Waals surface area contributed by atoms with Gasteiger partial charge < -0.3 is 5.32 Å². The van der Waals surface area contributed by atoms with Gasteiger partial charge in [-0.2, -0.15) is 18.7 Å². The molecule has 0 saturated carbocycles. The summed E-state index contributed by atoms with van der Waals surface area (Å²) in [6.07, 6.45) is -1.16. The highest BCUT2D eigenvalue weighted by Crippen LogP contribution is 2.24. The molecule has 0 spiro atoms. The van der Waals surface area contributed by atoms with Crippen molar-refractivity contribution in [3.05, 3.63) is 65.1 Å². The van der Waals surface area contributed by atoms with E-state index in [2.05, 4.69) is 21.4 Å². The van der Waals surface area contributed by atoms with Crippen LogP contribution in [0.1, 0.15) is 5.56 Å². The Morgan fingerprint density at radius 2 is 2.05 bits per heavy atom. The van der Waals surface area contributed by atoms with Gasteiger partial charge in [-0.05, 0) is 28.5 Å². The lowest BCUT2D eigenvalue weighted by atomic mass is 10.0. The normalized spacial score (nSPS) is 10.8. The maximum absolute atomic E-state index is 13.3. The summed E-state index contributed by atoms with van der Waals surface area (Å²) in [6, 6.07) is 14.4. The van der Waals surface area contributed by atoms with Crippen LogP contribution in [-0.2, 0) is 6.54 Å². The van der Waals surface area contributed by atoms with E-state index in [1.54, 1.807) is 0 Å². The molecule has 0 atom stereocenters. The zero-order valence-electron chi connectivity index (χ0n) is 10.7. The minimum absolute atomic E-state index is 0.0684. The van der Waals surface area contributed by atoms with Gasteiger partial charge in [0.05, 0.1) is 0 Å². The molecule has 3 aromatic rings. The van der Waals surface area contributed by atoms with Crippen molar-refractivity contribution in [2.24, 2.45) is 0 Å². The minimum atomic E-state index is -1.16. The Labute approximate surface area is 124 Å². The van der Waals surface area contributed by atoms with Gasteiger partial charge in [0.15, 0.2) is 5.82 Å². The summed E-state index contributed by atoms with van der Waals surface area (Å²) in [4.78, 5) is 6.38. The number of hydrogen-bond donors (Lipinski definition) is 1. The first kappa shape index (κ1) is 13.7. The number of halogens is 3. The monoisotopic (exact) mass is 304 g/mol. The van der Waals surface area contributed by atoms with Crippen LogP contribution in [0.4, 0.5) is 14.6 Å². The second-order valence-electron chi connectivity index (χ2n) is 4.36. The molecule has 0 fully saturated rings. The number of benzene rings is 2. The van der Waals surface area contributed by atoms with Gasteiger partial charge in [-0.1, -0.05) is 41.9 Å². The van der Waals surface area contributed by atoms with E-state index in [0.29, 0.717) is 6.54 Å². The van der Waals surface area contributed by atoms with E-state index >= 15 is 0 Å². The molecule has 105 valence electrons. The second kappa shape index (κ2) is 5.61. The summed E-state index contributed by atoms with van der Waals surface area (Å²) < 4.78 is 26.3. The number of nitrogens with one attached hydrogen (secondary N) is 1. The SMILES string of the molecule is Fc1nc(F)c(Cl)c(NCc2cccc3c[c]ccc23)n1. The molecule has 21 heavy (non-hydrogen) atoms. The van der Waals surface area contributed by atoms with Gasteiger partial charge in [-0.3, -0.25) is 0 Å². The average Bonchev–Trinajstić information content (AvgIpc) is 2.49. The van der Waals surface area contributed by atoms with Crippen molar-refractivity contribution >= 4 is 28.2 Å². The maximum atomic E-state index is 13.3. The Kier molecular flexibility index (Phi) is 3.66. The highest BCUT2D eigenvalue weighted by molar-refractivity contribution is 6.32. The van der Waals surface area contributed by atoms with Gasteiger partial charge in [-0.15, -0.1) is 0 Å². The highest BCUT2D eigenvalue weighted by Gasteiger charge is 2.12. The van der Waals surface area contributed by atoms with Crippen molar-refractivity contribution < 1.29 is 8.78 Å². The van der Waals surface area contributed by atoms with Crippen LogP contribution in [0.5, 0.6) is 0 Å². The van der Waals surface area contributed by atoms with Crippen LogP contribution in [0.25, 0.3) is 10.8 Å². The smallest absolute Gasteiger partial charge is 0.313 e. The topological polar surface area (TPSA) is 37.8 Å². The lowest BCUT2D eigenvalue weighted by molar-refractivity contribution is 0.484. The average molecular weight is 305 g/mol. The van der Waals surface area contributed by atoms with Crippen LogP contribution < -0.4 is 5.32 Å². The van der Waals surface area contributed by atoms with E-state index in [9.17, 15) is 8.78 Å². The van der Waals surface area contributed by atoms with Crippen LogP contribution >= 0.6 is 11.6 Å². The maximum Gasteiger partial charge on any atom is 0.313 e. The molecule has 0 saturated heterocycles. The Bertz CT molecular complexity index is 803. The molecule has 1 aromatic heterocycles. The largest absolute Gasteiger partial charge is 0.364 e. The number of hydrogen-bond acceptors (Lipinski definition) is 3. The third-order valence-corrected chi connectivity index (χ3v) is 3.38. The first-order valence-electron chi connectivity index (χ1n) is 6.15. The van der Waals surface area contributed by atoms with E-state index in [4.69, 9.17) is 11.6 Å². The molecule has 0 amide bonds. The fraction of sp³-hybridized carbons (Fsp3) is 0.0667. The molecule has 3 rings (SSSR count). The van der Waals surface area contributed by atoms with Crippen LogP contribution in [0.15, 0.2) is 36.4 Å². The zero-order valence-corrected chi connectivity index (χ0v) is 11.5. The van der Waals surface area contributed by atoms with Crippen molar-refractivity contribution in [1.29, 1.82) is 0 Å². The quantitative estimate of drug-likeness (QED) is 0.587. The summed E-state index contributed by atoms with van der Waals surface area (Å²) in [5.41, 5.74) is 0.956. The predicted molar refractivity (Wildman–Crippen MR) is 77.1 cm³/mol. The van der Waals surface area contributed by atoms with Crippen molar-refractivity contribution in [2.45, 2.75) is 6.54 Å². The summed E-state index contributed by atoms with van der Waals surface area (Å²) in [5, 5.41) is 4.55. The van der Waals surface area contributed by atoms with Gasteiger partial charge in [-0.25, -0.2) is 0 Å². The van der Waals surface area contributed by atoms with Gasteiger partial charge in [0.1, 0.15) is 5.02 Å². The fourth-order valence-electron chi connectivity index (χ4n) is 2.08. The third kappa shape index (κ3) is 2.78. The molecule has 3 nitrogen and oxygen atoms in total. The molecule has 0 aliphatic rings. The van der Waals surface area contributed by atoms with Crippen molar-refractivity contribution in [3.8, 4) is 0 Å². The number of rotatable bonds is 3. The number of nitrogens with zero attached hydrogens (tertiary/aromatic N) is 2. The molecular weight excluding hydrogens is 296 g/mol. The molecule has 0 aliphatic heterocycles. The van der Waals surface area contributed by atoms with Gasteiger partial charge in [0.25, 0.3) is 0 Å². The Hall–Kier alpha value is -2.27. The van der Waals surface area contributed by atoms with Gasteiger partial charge >= 0.3 is 6.08 Å². The second-order valence-corrected chi connectivity index (χ2v) is 4.74. The summed E-state index contributed by atoms with van der Waals surface area (Å²) >= 11 is 5.72. The lowest BCUT2D eigenvalue weighted by Crippen LogP contribution is -2.06. The Morgan fingerprint density at radius 1 is 1.19 bits per heavy atom. The predicted octanol–water partition coefficient (Wildman–Crippen LogP) is 3.97. The lowest BCUT2D eigenvalue weighted by Gasteiger charge is -2.10. The van der Waals surface area contributed by atoms with E-state index in [1.165, 1.54) is 0 Å². The van der Waals surface area contributed by atoms with E-state index in [0.717, 1.165) is 16.3 Å². The molecule has 0 unspecified atom stereocenters. The fourth-order valence-corrected chi connectivity index (χ4v) is 2.23. The Balaban J connectivity index is 1.91. The van der Waals surface area contributed by atoms with Crippen LogP contribution in [0.3, 0.4) is 0 Å². The molecule has 0 bridgehead atoms. The summed E-state index contributed by atoms with van der Waals surface area (Å²) in [7, 11) is 0. The van der Waals surface area contributed by atoms with Crippen LogP contribution in [0.2, 0.25) is 5.02 Å². The van der Waals surface area contributed by atoms with E-state index in [1.807, 2.05) is 36.4 Å². The summed E-state index contributed by atoms with van der Waals surface area (Å²) in [5.74, 6) is -1.15. The van der Waals surface area contributed by atoms with Gasteiger partial charge in [0.2, 0.25) is 5.95 Å². The molecule has 1 radical (unpaired) electrons. The van der Waals surface area contributed by atoms with Crippen molar-refractivity contribution in [2.75, 3.05) is 5.32 Å². The minimum Gasteiger partial charge on any atom is -0.364 e. The van der Waals surface area contributed by atoms with E-state index in [-0.39, 0.29) is 10.8 Å². The first-order valence-corrected chi connectivity index (χ1v) is 6.53. The molecule has 6 heteroatoms.